The first-order chi connectivity index (χ1) is 6.88. The van der Waals surface area contributed by atoms with Crippen LogP contribution in [0.5, 0.6) is 0 Å². The Balaban J connectivity index is 2.46. The van der Waals surface area contributed by atoms with Gasteiger partial charge in [-0.1, -0.05) is 6.92 Å². The van der Waals surface area contributed by atoms with E-state index in [1.54, 1.807) is 0 Å². The molecule has 1 aromatic rings. The fourth-order valence-electron chi connectivity index (χ4n) is 1.42. The molecule has 0 amide bonds. The van der Waals surface area contributed by atoms with Crippen LogP contribution in [0.2, 0.25) is 0 Å². The van der Waals surface area contributed by atoms with Gasteiger partial charge in [-0.3, -0.25) is 4.98 Å². The van der Waals surface area contributed by atoms with Gasteiger partial charge >= 0.3 is 0 Å². The van der Waals surface area contributed by atoms with Crippen molar-refractivity contribution in [3.63, 3.8) is 0 Å². The normalized spacial score (nSPS) is 10.1. The molecule has 0 radical (unpaired) electrons. The number of pyridine rings is 1. The lowest BCUT2D eigenvalue weighted by Gasteiger charge is -2.22. The van der Waals surface area contributed by atoms with Crippen LogP contribution in [0.4, 0.5) is 5.69 Å². The number of rotatable bonds is 6. The Morgan fingerprint density at radius 3 is 2.57 bits per heavy atom. The molecule has 0 saturated heterocycles. The van der Waals surface area contributed by atoms with Crippen molar-refractivity contribution in [2.24, 2.45) is 0 Å². The van der Waals surface area contributed by atoms with Gasteiger partial charge < -0.3 is 10.2 Å². The summed E-state index contributed by atoms with van der Waals surface area (Å²) in [6.07, 6.45) is 3.68. The van der Waals surface area contributed by atoms with Gasteiger partial charge in [0, 0.05) is 37.7 Å². The van der Waals surface area contributed by atoms with Crippen LogP contribution >= 0.6 is 0 Å². The lowest BCUT2D eigenvalue weighted by Crippen LogP contribution is -2.31. The minimum absolute atomic E-state index is 1.03. The number of hydrogen-bond acceptors (Lipinski definition) is 3. The summed E-state index contributed by atoms with van der Waals surface area (Å²) in [5.74, 6) is 0. The summed E-state index contributed by atoms with van der Waals surface area (Å²) < 4.78 is 0. The Bertz CT molecular complexity index is 236. The summed E-state index contributed by atoms with van der Waals surface area (Å²) in [5.41, 5.74) is 1.25. The van der Waals surface area contributed by atoms with E-state index >= 15 is 0 Å². The van der Waals surface area contributed by atoms with Gasteiger partial charge in [0.1, 0.15) is 0 Å². The second kappa shape index (κ2) is 6.38. The maximum Gasteiger partial charge on any atom is 0.0397 e. The molecule has 1 heterocycles. The van der Waals surface area contributed by atoms with Gasteiger partial charge in [-0.25, -0.2) is 0 Å². The second-order valence-corrected chi connectivity index (χ2v) is 3.14. The van der Waals surface area contributed by atoms with E-state index in [2.05, 4.69) is 41.2 Å². The molecule has 0 aliphatic carbocycles. The second-order valence-electron chi connectivity index (χ2n) is 3.14. The maximum atomic E-state index is 4.02. The van der Waals surface area contributed by atoms with Crippen LogP contribution in [0, 0.1) is 0 Å². The SMILES string of the molecule is CCNCCN(CC)c1ccncc1. The molecule has 0 aliphatic heterocycles. The summed E-state index contributed by atoms with van der Waals surface area (Å²) in [6, 6.07) is 4.10. The van der Waals surface area contributed by atoms with Crippen molar-refractivity contribution in [3.8, 4) is 0 Å². The van der Waals surface area contributed by atoms with Crippen LogP contribution in [0.25, 0.3) is 0 Å². The maximum absolute atomic E-state index is 4.02. The fraction of sp³-hybridized carbons (Fsp3) is 0.545. The first kappa shape index (κ1) is 11.0. The molecule has 0 spiro atoms. The van der Waals surface area contributed by atoms with E-state index in [-0.39, 0.29) is 0 Å². The molecule has 0 aromatic carbocycles. The highest BCUT2D eigenvalue weighted by Crippen LogP contribution is 2.10. The first-order valence-electron chi connectivity index (χ1n) is 5.24. The molecule has 1 aromatic heterocycles. The lowest BCUT2D eigenvalue weighted by atomic mass is 10.3. The third-order valence-electron chi connectivity index (χ3n) is 2.22. The number of likely N-dealkylation sites (N-methyl/N-ethyl adjacent to an activating group) is 2. The number of anilines is 1. The van der Waals surface area contributed by atoms with Gasteiger partial charge in [-0.05, 0) is 25.6 Å². The Labute approximate surface area is 86.2 Å². The molecule has 0 aliphatic rings. The van der Waals surface area contributed by atoms with Crippen molar-refractivity contribution in [1.29, 1.82) is 0 Å². The molecular weight excluding hydrogens is 174 g/mol. The van der Waals surface area contributed by atoms with Gasteiger partial charge in [-0.15, -0.1) is 0 Å². The average Bonchev–Trinajstić information content (AvgIpc) is 2.26. The predicted octanol–water partition coefficient (Wildman–Crippen LogP) is 1.52. The van der Waals surface area contributed by atoms with Crippen LogP contribution in [0.3, 0.4) is 0 Å². The fourth-order valence-corrected chi connectivity index (χ4v) is 1.42. The van der Waals surface area contributed by atoms with Crippen LogP contribution in [-0.4, -0.2) is 31.2 Å². The summed E-state index contributed by atoms with van der Waals surface area (Å²) in [6.45, 7) is 8.46. The van der Waals surface area contributed by atoms with E-state index < -0.39 is 0 Å². The molecule has 0 fully saturated rings. The molecule has 1 N–H and O–H groups in total. The van der Waals surface area contributed by atoms with Crippen molar-refractivity contribution in [1.82, 2.24) is 10.3 Å². The van der Waals surface area contributed by atoms with Crippen molar-refractivity contribution in [2.45, 2.75) is 13.8 Å². The Hall–Kier alpha value is -1.09. The highest BCUT2D eigenvalue weighted by Gasteiger charge is 2.01. The quantitative estimate of drug-likeness (QED) is 0.694. The summed E-state index contributed by atoms with van der Waals surface area (Å²) >= 11 is 0. The highest BCUT2D eigenvalue weighted by molar-refractivity contribution is 5.44. The highest BCUT2D eigenvalue weighted by atomic mass is 15.1. The zero-order chi connectivity index (χ0) is 10.2. The van der Waals surface area contributed by atoms with Gasteiger partial charge in [0.2, 0.25) is 0 Å². The molecule has 0 bridgehead atoms. The minimum Gasteiger partial charge on any atom is -0.370 e. The van der Waals surface area contributed by atoms with Crippen molar-refractivity contribution >= 4 is 5.69 Å². The number of hydrogen-bond donors (Lipinski definition) is 1. The van der Waals surface area contributed by atoms with E-state index in [1.165, 1.54) is 5.69 Å². The molecule has 78 valence electrons. The summed E-state index contributed by atoms with van der Waals surface area (Å²) in [4.78, 5) is 6.35. The van der Waals surface area contributed by atoms with Crippen LogP contribution in [-0.2, 0) is 0 Å². The smallest absolute Gasteiger partial charge is 0.0397 e. The van der Waals surface area contributed by atoms with Crippen molar-refractivity contribution < 1.29 is 0 Å². The molecule has 1 rings (SSSR count). The van der Waals surface area contributed by atoms with Gasteiger partial charge in [0.15, 0.2) is 0 Å². The average molecular weight is 193 g/mol. The standard InChI is InChI=1S/C11H19N3/c1-3-12-9-10-14(4-2)11-5-7-13-8-6-11/h5-8,12H,3-4,9-10H2,1-2H3. The van der Waals surface area contributed by atoms with Gasteiger partial charge in [0.05, 0.1) is 0 Å². The molecule has 3 nitrogen and oxygen atoms in total. The number of nitrogens with one attached hydrogen (secondary N) is 1. The van der Waals surface area contributed by atoms with Crippen molar-refractivity contribution in [2.75, 3.05) is 31.1 Å². The molecule has 14 heavy (non-hydrogen) atoms. The lowest BCUT2D eigenvalue weighted by molar-refractivity contribution is 0.688. The molecule has 0 saturated carbocycles. The van der Waals surface area contributed by atoms with E-state index in [1.807, 2.05) is 12.4 Å². The van der Waals surface area contributed by atoms with Gasteiger partial charge in [0.25, 0.3) is 0 Å². The first-order valence-corrected chi connectivity index (χ1v) is 5.24. The third-order valence-corrected chi connectivity index (χ3v) is 2.22. The zero-order valence-electron chi connectivity index (χ0n) is 9.03. The minimum atomic E-state index is 1.03. The van der Waals surface area contributed by atoms with E-state index in [0.717, 1.165) is 26.2 Å². The topological polar surface area (TPSA) is 28.2 Å². The van der Waals surface area contributed by atoms with Crippen molar-refractivity contribution in [3.05, 3.63) is 24.5 Å². The molecule has 0 atom stereocenters. The zero-order valence-corrected chi connectivity index (χ0v) is 9.03. The Morgan fingerprint density at radius 2 is 2.00 bits per heavy atom. The molecule has 3 heteroatoms. The third kappa shape index (κ3) is 3.34. The number of aromatic nitrogens is 1. The summed E-state index contributed by atoms with van der Waals surface area (Å²) in [7, 11) is 0. The van der Waals surface area contributed by atoms with Gasteiger partial charge in [-0.2, -0.15) is 0 Å². The molecule has 0 unspecified atom stereocenters. The predicted molar refractivity (Wildman–Crippen MR) is 60.7 cm³/mol. The Morgan fingerprint density at radius 1 is 1.29 bits per heavy atom. The van der Waals surface area contributed by atoms with Crippen LogP contribution < -0.4 is 10.2 Å². The number of nitrogens with zero attached hydrogens (tertiary/aromatic N) is 2. The van der Waals surface area contributed by atoms with E-state index in [9.17, 15) is 0 Å². The molecular formula is C11H19N3. The monoisotopic (exact) mass is 193 g/mol. The Kier molecular flexibility index (Phi) is 5.00. The summed E-state index contributed by atoms with van der Waals surface area (Å²) in [5, 5.41) is 3.33. The van der Waals surface area contributed by atoms with Crippen LogP contribution in [0.1, 0.15) is 13.8 Å². The largest absolute Gasteiger partial charge is 0.370 e. The van der Waals surface area contributed by atoms with E-state index in [4.69, 9.17) is 0 Å². The van der Waals surface area contributed by atoms with E-state index in [0.29, 0.717) is 0 Å². The van der Waals surface area contributed by atoms with Crippen LogP contribution in [0.15, 0.2) is 24.5 Å².